The fourth-order valence-corrected chi connectivity index (χ4v) is 4.20. The first kappa shape index (κ1) is 18.3. The largest absolute Gasteiger partial charge is 0.496 e. The van der Waals surface area contributed by atoms with Crippen molar-refractivity contribution in [2.45, 2.75) is 18.1 Å². The summed E-state index contributed by atoms with van der Waals surface area (Å²) in [6.07, 6.45) is 0. The van der Waals surface area contributed by atoms with Gasteiger partial charge in [0.05, 0.1) is 18.5 Å². The highest BCUT2D eigenvalue weighted by Crippen LogP contribution is 2.34. The predicted octanol–water partition coefficient (Wildman–Crippen LogP) is 2.04. The molecule has 0 saturated heterocycles. The normalized spacial score (nSPS) is 12.6. The molecule has 4 rings (SSSR count). The molecule has 0 unspecified atom stereocenters. The third kappa shape index (κ3) is 3.40. The lowest BCUT2D eigenvalue weighted by Gasteiger charge is -2.11. The molecule has 1 aliphatic rings. The number of rotatable bonds is 5. The maximum absolute atomic E-state index is 12.6. The van der Waals surface area contributed by atoms with Crippen molar-refractivity contribution in [1.82, 2.24) is 19.6 Å². The summed E-state index contributed by atoms with van der Waals surface area (Å²) < 4.78 is 8.18. The van der Waals surface area contributed by atoms with E-state index in [0.717, 1.165) is 33.0 Å². The Morgan fingerprint density at radius 1 is 1.21 bits per heavy atom. The maximum atomic E-state index is 12.6. The lowest BCUT2D eigenvalue weighted by molar-refractivity contribution is -0.117. The van der Waals surface area contributed by atoms with Gasteiger partial charge in [-0.3, -0.25) is 14.3 Å². The fourth-order valence-electron chi connectivity index (χ4n) is 3.17. The van der Waals surface area contributed by atoms with Crippen molar-refractivity contribution in [1.29, 1.82) is 0 Å². The van der Waals surface area contributed by atoms with Gasteiger partial charge in [0.25, 0.3) is 5.56 Å². The first-order chi connectivity index (χ1) is 13.6. The second kappa shape index (κ2) is 7.51. The quantitative estimate of drug-likeness (QED) is 0.708. The van der Waals surface area contributed by atoms with Gasteiger partial charge in [-0.05, 0) is 18.2 Å². The molecule has 3 aromatic rings. The zero-order chi connectivity index (χ0) is 19.7. The average molecular weight is 397 g/mol. The van der Waals surface area contributed by atoms with Crippen molar-refractivity contribution in [3.63, 3.8) is 0 Å². The van der Waals surface area contributed by atoms with E-state index in [9.17, 15) is 9.59 Å². The molecule has 0 saturated carbocycles. The van der Waals surface area contributed by atoms with Crippen molar-refractivity contribution >= 4 is 23.5 Å². The van der Waals surface area contributed by atoms with Gasteiger partial charge in [-0.1, -0.05) is 12.1 Å². The maximum Gasteiger partial charge on any atom is 0.267 e. The van der Waals surface area contributed by atoms with E-state index in [2.05, 4.69) is 15.5 Å². The van der Waals surface area contributed by atoms with E-state index in [-0.39, 0.29) is 18.0 Å². The molecule has 0 aliphatic carbocycles. The van der Waals surface area contributed by atoms with Crippen molar-refractivity contribution in [3.8, 4) is 17.0 Å². The number of carbonyl (C=O) groups excluding carboxylic acids is 1. The van der Waals surface area contributed by atoms with E-state index in [1.165, 1.54) is 6.07 Å². The molecule has 8 nitrogen and oxygen atoms in total. The summed E-state index contributed by atoms with van der Waals surface area (Å²) in [6.45, 7) is -0.186. The number of aromatic nitrogens is 4. The van der Waals surface area contributed by atoms with E-state index >= 15 is 0 Å². The average Bonchev–Trinajstić information content (AvgIpc) is 3.26. The van der Waals surface area contributed by atoms with Gasteiger partial charge in [-0.15, -0.1) is 0 Å². The van der Waals surface area contributed by atoms with Gasteiger partial charge in [-0.2, -0.15) is 22.0 Å². The van der Waals surface area contributed by atoms with Gasteiger partial charge in [-0.25, -0.2) is 4.68 Å². The van der Waals surface area contributed by atoms with Crippen molar-refractivity contribution in [2.24, 2.45) is 7.05 Å². The van der Waals surface area contributed by atoms with Crippen molar-refractivity contribution in [3.05, 3.63) is 58.0 Å². The Hall–Kier alpha value is -3.07. The SMILES string of the molecule is COc1ccccc1-c1ccc(=O)n(CC(=O)Nc2c3c(nn2C)CSC3)n1. The number of benzene rings is 1. The summed E-state index contributed by atoms with van der Waals surface area (Å²) in [5.74, 6) is 2.67. The van der Waals surface area contributed by atoms with Crippen molar-refractivity contribution in [2.75, 3.05) is 12.4 Å². The second-order valence-corrected chi connectivity index (χ2v) is 7.34. The molecule has 3 heterocycles. The van der Waals surface area contributed by atoms with Crippen LogP contribution in [-0.2, 0) is 29.9 Å². The third-order valence-electron chi connectivity index (χ3n) is 4.51. The van der Waals surface area contributed by atoms with Crippen LogP contribution >= 0.6 is 11.8 Å². The molecule has 2 aromatic heterocycles. The fraction of sp³-hybridized carbons (Fsp3) is 0.263. The van der Waals surface area contributed by atoms with Crippen LogP contribution in [0.1, 0.15) is 11.3 Å². The van der Waals surface area contributed by atoms with Crippen LogP contribution in [0.4, 0.5) is 5.82 Å². The van der Waals surface area contributed by atoms with E-state index in [0.29, 0.717) is 17.3 Å². The molecule has 144 valence electrons. The first-order valence-electron chi connectivity index (χ1n) is 8.70. The molecule has 1 N–H and O–H groups in total. The monoisotopic (exact) mass is 397 g/mol. The van der Waals surface area contributed by atoms with Crippen LogP contribution in [0.2, 0.25) is 0 Å². The van der Waals surface area contributed by atoms with Gasteiger partial charge < -0.3 is 10.1 Å². The van der Waals surface area contributed by atoms with Crippen LogP contribution in [0.3, 0.4) is 0 Å². The Morgan fingerprint density at radius 2 is 2.04 bits per heavy atom. The molecule has 1 aromatic carbocycles. The molecule has 1 amide bonds. The minimum Gasteiger partial charge on any atom is -0.496 e. The predicted molar refractivity (Wildman–Crippen MR) is 107 cm³/mol. The number of amides is 1. The smallest absolute Gasteiger partial charge is 0.267 e. The Labute approximate surface area is 165 Å². The molecule has 28 heavy (non-hydrogen) atoms. The Bertz CT molecular complexity index is 1110. The topological polar surface area (TPSA) is 91.0 Å². The highest BCUT2D eigenvalue weighted by molar-refractivity contribution is 7.98. The number of hydrogen-bond acceptors (Lipinski definition) is 6. The van der Waals surface area contributed by atoms with Gasteiger partial charge in [0.15, 0.2) is 0 Å². The highest BCUT2D eigenvalue weighted by Gasteiger charge is 2.22. The van der Waals surface area contributed by atoms with Crippen molar-refractivity contribution < 1.29 is 9.53 Å². The first-order valence-corrected chi connectivity index (χ1v) is 9.86. The molecular weight excluding hydrogens is 378 g/mol. The third-order valence-corrected chi connectivity index (χ3v) is 5.48. The lowest BCUT2D eigenvalue weighted by atomic mass is 10.1. The number of nitrogens with one attached hydrogen (secondary N) is 1. The molecule has 9 heteroatoms. The van der Waals surface area contributed by atoms with Crippen LogP contribution in [0.25, 0.3) is 11.3 Å². The Morgan fingerprint density at radius 3 is 2.86 bits per heavy atom. The van der Waals surface area contributed by atoms with E-state index in [4.69, 9.17) is 4.74 Å². The molecular formula is C19H19N5O3S. The number of nitrogens with zero attached hydrogens (tertiary/aromatic N) is 4. The van der Waals surface area contributed by atoms with Gasteiger partial charge in [0.1, 0.15) is 18.1 Å². The van der Waals surface area contributed by atoms with Gasteiger partial charge >= 0.3 is 0 Å². The number of fused-ring (bicyclic) bond motifs is 1. The number of anilines is 1. The zero-order valence-corrected chi connectivity index (χ0v) is 16.3. The molecule has 0 radical (unpaired) electrons. The van der Waals surface area contributed by atoms with Crippen LogP contribution in [0, 0.1) is 0 Å². The molecule has 1 aliphatic heterocycles. The van der Waals surface area contributed by atoms with E-state index < -0.39 is 0 Å². The second-order valence-electron chi connectivity index (χ2n) is 6.35. The van der Waals surface area contributed by atoms with E-state index in [1.807, 2.05) is 24.3 Å². The number of aryl methyl sites for hydroxylation is 1. The number of thioether (sulfide) groups is 1. The Balaban J connectivity index is 1.58. The van der Waals surface area contributed by atoms with E-state index in [1.54, 1.807) is 36.7 Å². The molecule has 0 spiro atoms. The number of ether oxygens (including phenoxy) is 1. The van der Waals surface area contributed by atoms with Gasteiger partial charge in [0, 0.05) is 35.7 Å². The summed E-state index contributed by atoms with van der Waals surface area (Å²) in [5.41, 5.74) is 3.00. The number of para-hydroxylation sites is 1. The standard InChI is InChI=1S/C19H19N5O3S/c1-23-19(13-10-28-11-15(13)21-23)20-17(25)9-24-18(26)8-7-14(22-24)12-5-3-4-6-16(12)27-2/h3-8H,9-11H2,1-2H3,(H,20,25). The minimum atomic E-state index is -0.348. The summed E-state index contributed by atoms with van der Waals surface area (Å²) >= 11 is 1.76. The minimum absolute atomic E-state index is 0.186. The van der Waals surface area contributed by atoms with Crippen LogP contribution in [-0.4, -0.2) is 32.6 Å². The Kier molecular flexibility index (Phi) is 4.91. The summed E-state index contributed by atoms with van der Waals surface area (Å²) in [6, 6.07) is 10.4. The number of hydrogen-bond donors (Lipinski definition) is 1. The summed E-state index contributed by atoms with van der Waals surface area (Å²) in [7, 11) is 3.37. The lowest BCUT2D eigenvalue weighted by Crippen LogP contribution is -2.30. The van der Waals surface area contributed by atoms with Crippen LogP contribution in [0.5, 0.6) is 5.75 Å². The molecule has 0 atom stereocenters. The van der Waals surface area contributed by atoms with Gasteiger partial charge in [0.2, 0.25) is 5.91 Å². The molecule has 0 fully saturated rings. The van der Waals surface area contributed by atoms with Crippen LogP contribution in [0.15, 0.2) is 41.2 Å². The zero-order valence-electron chi connectivity index (χ0n) is 15.5. The number of carbonyl (C=O) groups is 1. The number of methoxy groups -OCH3 is 1. The summed E-state index contributed by atoms with van der Waals surface area (Å²) in [4.78, 5) is 24.8. The summed E-state index contributed by atoms with van der Waals surface area (Å²) in [5, 5.41) is 11.6. The molecule has 0 bridgehead atoms. The van der Waals surface area contributed by atoms with Crippen LogP contribution < -0.4 is 15.6 Å². The highest BCUT2D eigenvalue weighted by atomic mass is 32.2.